The Morgan fingerprint density at radius 3 is 2.31 bits per heavy atom. The molecule has 0 aliphatic heterocycles. The predicted molar refractivity (Wildman–Crippen MR) is 158 cm³/mol. The maximum Gasteiger partial charge on any atom is 0.258 e. The van der Waals surface area contributed by atoms with Gasteiger partial charge in [-0.25, -0.2) is 9.97 Å². The molecule has 0 bridgehead atoms. The van der Waals surface area contributed by atoms with E-state index in [1.807, 2.05) is 24.3 Å². The van der Waals surface area contributed by atoms with Crippen LogP contribution in [-0.4, -0.2) is 61.2 Å². The fraction of sp³-hybridized carbons (Fsp3) is 0.296. The van der Waals surface area contributed by atoms with Crippen molar-refractivity contribution in [3.05, 3.63) is 57.6 Å². The van der Waals surface area contributed by atoms with Crippen molar-refractivity contribution in [1.29, 1.82) is 0 Å². The van der Waals surface area contributed by atoms with Gasteiger partial charge in [-0.2, -0.15) is 0 Å². The molecular formula is C27H29Cl2N5O4S. The van der Waals surface area contributed by atoms with Crippen LogP contribution in [0, 0.1) is 0 Å². The van der Waals surface area contributed by atoms with E-state index in [9.17, 15) is 4.79 Å². The molecule has 1 amide bonds. The summed E-state index contributed by atoms with van der Waals surface area (Å²) in [7, 11) is 2.93. The number of halogens is 2. The molecule has 0 atom stereocenters. The molecule has 2 aromatic carbocycles. The van der Waals surface area contributed by atoms with Crippen LogP contribution in [0.25, 0.3) is 10.2 Å². The Bertz CT molecular complexity index is 1420. The van der Waals surface area contributed by atoms with Crippen molar-refractivity contribution < 1.29 is 19.0 Å². The number of benzene rings is 2. The van der Waals surface area contributed by atoms with E-state index in [-0.39, 0.29) is 15.7 Å². The first-order chi connectivity index (χ1) is 18.9. The lowest BCUT2D eigenvalue weighted by atomic mass is 10.2. The first-order valence-corrected chi connectivity index (χ1v) is 13.9. The van der Waals surface area contributed by atoms with Crippen LogP contribution >= 0.6 is 34.5 Å². The molecule has 0 saturated carbocycles. The number of aromatic nitrogens is 2. The minimum absolute atomic E-state index is 0.161. The zero-order chi connectivity index (χ0) is 27.9. The molecule has 4 aromatic rings. The summed E-state index contributed by atoms with van der Waals surface area (Å²) in [6.45, 7) is 7.78. The molecule has 12 heteroatoms. The summed E-state index contributed by atoms with van der Waals surface area (Å²) in [5.74, 6) is 1.58. The second-order valence-corrected chi connectivity index (χ2v) is 9.95. The van der Waals surface area contributed by atoms with Gasteiger partial charge in [-0.05, 0) is 37.4 Å². The van der Waals surface area contributed by atoms with Gasteiger partial charge in [-0.1, -0.05) is 37.0 Å². The number of carbonyl (C=O) groups excluding carboxylic acids is 1. The molecule has 9 nitrogen and oxygen atoms in total. The highest BCUT2D eigenvalue weighted by Crippen LogP contribution is 2.44. The average molecular weight is 591 g/mol. The molecule has 4 rings (SSSR count). The number of amides is 1. The summed E-state index contributed by atoms with van der Waals surface area (Å²) < 4.78 is 17.2. The molecule has 0 aliphatic rings. The number of carbonyl (C=O) groups is 1. The van der Waals surface area contributed by atoms with E-state index in [2.05, 4.69) is 39.3 Å². The summed E-state index contributed by atoms with van der Waals surface area (Å²) in [4.78, 5) is 24.3. The van der Waals surface area contributed by atoms with Gasteiger partial charge in [0, 0.05) is 23.7 Å². The number of nitrogens with zero attached hydrogens (tertiary/aromatic N) is 3. The van der Waals surface area contributed by atoms with Gasteiger partial charge in [0.2, 0.25) is 0 Å². The van der Waals surface area contributed by atoms with Gasteiger partial charge in [0.05, 0.1) is 35.7 Å². The Kier molecular flexibility index (Phi) is 9.68. The standard InChI is InChI=1S/C27H29Cl2N5O4S/c1-5-34(6-2)11-12-38-17-9-7-16(8-10-17)32-26-25-23(30-15-31-26)18(14-39-25)27(35)33-24-21(28)19(36-3)13-20(37-4)22(24)29/h7-10,13-15H,5-6,11-12H2,1-4H3,(H,33,35)(H,30,31,32). The average Bonchev–Trinajstić information content (AvgIpc) is 3.40. The van der Waals surface area contributed by atoms with Crippen LogP contribution in [-0.2, 0) is 0 Å². The van der Waals surface area contributed by atoms with E-state index in [0.29, 0.717) is 35.0 Å². The minimum atomic E-state index is -0.434. The highest BCUT2D eigenvalue weighted by Gasteiger charge is 2.22. The number of anilines is 3. The Hall–Kier alpha value is -3.31. The van der Waals surface area contributed by atoms with Crippen molar-refractivity contribution in [3.63, 3.8) is 0 Å². The third kappa shape index (κ3) is 6.47. The molecule has 0 fully saturated rings. The summed E-state index contributed by atoms with van der Waals surface area (Å²) in [6, 6.07) is 9.21. The van der Waals surface area contributed by atoms with E-state index in [4.69, 9.17) is 37.4 Å². The smallest absolute Gasteiger partial charge is 0.258 e. The number of thiophene rings is 1. The Morgan fingerprint density at radius 1 is 1.03 bits per heavy atom. The highest BCUT2D eigenvalue weighted by atomic mass is 35.5. The van der Waals surface area contributed by atoms with Crippen LogP contribution < -0.4 is 24.8 Å². The number of likely N-dealkylation sites (N-methyl/N-ethyl adjacent to an activating group) is 1. The number of methoxy groups -OCH3 is 2. The van der Waals surface area contributed by atoms with Crippen molar-refractivity contribution in [2.24, 2.45) is 0 Å². The summed E-state index contributed by atoms with van der Waals surface area (Å²) in [5, 5.41) is 8.12. The summed E-state index contributed by atoms with van der Waals surface area (Å²) >= 11 is 14.2. The third-order valence-electron chi connectivity index (χ3n) is 6.10. The molecule has 0 radical (unpaired) electrons. The maximum atomic E-state index is 13.3. The zero-order valence-corrected chi connectivity index (χ0v) is 24.3. The lowest BCUT2D eigenvalue weighted by Crippen LogP contribution is -2.27. The lowest BCUT2D eigenvalue weighted by molar-refractivity contribution is 0.102. The molecule has 2 heterocycles. The zero-order valence-electron chi connectivity index (χ0n) is 22.0. The quantitative estimate of drug-likeness (QED) is 0.188. The third-order valence-corrected chi connectivity index (χ3v) is 7.82. The van der Waals surface area contributed by atoms with Gasteiger partial charge in [-0.15, -0.1) is 11.3 Å². The van der Waals surface area contributed by atoms with E-state index < -0.39 is 5.91 Å². The number of hydrogen-bond donors (Lipinski definition) is 2. The van der Waals surface area contributed by atoms with Crippen molar-refractivity contribution in [2.45, 2.75) is 13.8 Å². The highest BCUT2D eigenvalue weighted by molar-refractivity contribution is 7.18. The molecule has 2 aromatic heterocycles. The Morgan fingerprint density at radius 2 is 1.69 bits per heavy atom. The van der Waals surface area contributed by atoms with Crippen molar-refractivity contribution in [2.75, 3.05) is 51.1 Å². The van der Waals surface area contributed by atoms with Crippen LogP contribution in [0.15, 0.2) is 42.0 Å². The predicted octanol–water partition coefficient (Wildman–Crippen LogP) is 6.73. The normalized spacial score (nSPS) is 11.1. The molecule has 0 spiro atoms. The number of hydrogen-bond acceptors (Lipinski definition) is 9. The molecule has 206 valence electrons. The largest absolute Gasteiger partial charge is 0.495 e. The van der Waals surface area contributed by atoms with Gasteiger partial charge in [0.15, 0.2) is 5.82 Å². The minimum Gasteiger partial charge on any atom is -0.495 e. The van der Waals surface area contributed by atoms with E-state index in [1.54, 1.807) is 11.4 Å². The van der Waals surface area contributed by atoms with Crippen LogP contribution in [0.5, 0.6) is 17.2 Å². The molecular weight excluding hydrogens is 561 g/mol. The second-order valence-electron chi connectivity index (χ2n) is 8.31. The van der Waals surface area contributed by atoms with Gasteiger partial charge in [-0.3, -0.25) is 4.79 Å². The first-order valence-electron chi connectivity index (χ1n) is 12.3. The topological polar surface area (TPSA) is 97.8 Å². The van der Waals surface area contributed by atoms with Crippen LogP contribution in [0.3, 0.4) is 0 Å². The van der Waals surface area contributed by atoms with Gasteiger partial charge in [0.25, 0.3) is 5.91 Å². The van der Waals surface area contributed by atoms with E-state index >= 15 is 0 Å². The summed E-state index contributed by atoms with van der Waals surface area (Å²) in [5.41, 5.74) is 1.86. The Labute approximate surface area is 241 Å². The van der Waals surface area contributed by atoms with Gasteiger partial charge < -0.3 is 29.7 Å². The number of nitrogens with one attached hydrogen (secondary N) is 2. The van der Waals surface area contributed by atoms with Gasteiger partial charge >= 0.3 is 0 Å². The number of rotatable bonds is 12. The lowest BCUT2D eigenvalue weighted by Gasteiger charge is -2.18. The SMILES string of the molecule is CCN(CC)CCOc1ccc(Nc2ncnc3c(C(=O)Nc4c(Cl)c(OC)cc(OC)c4Cl)csc23)cc1. The fourth-order valence-corrected chi connectivity index (χ4v) is 5.42. The van der Waals surface area contributed by atoms with Crippen LogP contribution in [0.4, 0.5) is 17.2 Å². The number of ether oxygens (including phenoxy) is 3. The van der Waals surface area contributed by atoms with E-state index in [1.165, 1.54) is 31.9 Å². The molecule has 0 unspecified atom stereocenters. The van der Waals surface area contributed by atoms with Crippen molar-refractivity contribution in [1.82, 2.24) is 14.9 Å². The first kappa shape index (κ1) is 28.7. The van der Waals surface area contributed by atoms with Crippen LogP contribution in [0.1, 0.15) is 24.2 Å². The Balaban J connectivity index is 1.50. The molecule has 0 saturated heterocycles. The maximum absolute atomic E-state index is 13.3. The van der Waals surface area contributed by atoms with Crippen molar-refractivity contribution >= 4 is 67.9 Å². The molecule has 2 N–H and O–H groups in total. The molecule has 0 aliphatic carbocycles. The summed E-state index contributed by atoms with van der Waals surface area (Å²) in [6.07, 6.45) is 1.41. The monoisotopic (exact) mass is 589 g/mol. The molecule has 39 heavy (non-hydrogen) atoms. The fourth-order valence-electron chi connectivity index (χ4n) is 3.88. The van der Waals surface area contributed by atoms with E-state index in [0.717, 1.165) is 35.8 Å². The van der Waals surface area contributed by atoms with Crippen LogP contribution in [0.2, 0.25) is 10.0 Å². The second kappa shape index (κ2) is 13.2. The van der Waals surface area contributed by atoms with Crippen molar-refractivity contribution in [3.8, 4) is 17.2 Å². The van der Waals surface area contributed by atoms with Gasteiger partial charge in [0.1, 0.15) is 40.2 Å². The number of fused-ring (bicyclic) bond motifs is 1.